The lowest BCUT2D eigenvalue weighted by molar-refractivity contribution is -0.166. The van der Waals surface area contributed by atoms with E-state index in [1.807, 2.05) is 0 Å². The summed E-state index contributed by atoms with van der Waals surface area (Å²) in [5, 5.41) is 18.6. The van der Waals surface area contributed by atoms with Crippen LogP contribution in [0.15, 0.2) is 24.0 Å². The number of rotatable bonds is 5. The molecule has 4 atom stereocenters. The standard InChI is InChI=1S/C15H19NO8/c1-8(18)22-12-11(7-17)24-14(13(12)23-9(2)19)16-5-3-4-10(6-16)15(20)21/h3,5-6,11-14,17H,4,7H2,1-2H3,(H,20,21)/t11?,12-,13-,14-/m1/s1. The average molecular weight is 341 g/mol. The number of aliphatic hydroxyl groups excluding tert-OH is 1. The fraction of sp³-hybridized carbons (Fsp3) is 0.533. The van der Waals surface area contributed by atoms with E-state index in [9.17, 15) is 19.5 Å². The molecule has 0 radical (unpaired) electrons. The summed E-state index contributed by atoms with van der Waals surface area (Å²) in [6.07, 6.45) is 0.947. The highest BCUT2D eigenvalue weighted by Gasteiger charge is 2.50. The lowest BCUT2D eigenvalue weighted by atomic mass is 10.1. The van der Waals surface area contributed by atoms with E-state index in [1.165, 1.54) is 24.9 Å². The van der Waals surface area contributed by atoms with Crippen LogP contribution in [-0.4, -0.2) is 64.2 Å². The Kier molecular flexibility index (Phi) is 5.58. The van der Waals surface area contributed by atoms with Crippen LogP contribution < -0.4 is 0 Å². The first-order valence-corrected chi connectivity index (χ1v) is 7.32. The number of carbonyl (C=O) groups is 3. The first-order chi connectivity index (χ1) is 11.3. The van der Waals surface area contributed by atoms with Crippen molar-refractivity contribution in [3.63, 3.8) is 0 Å². The molecular weight excluding hydrogens is 322 g/mol. The van der Waals surface area contributed by atoms with Crippen LogP contribution in [0.5, 0.6) is 0 Å². The molecule has 0 aromatic rings. The normalized spacial score (nSPS) is 29.1. The molecule has 2 rings (SSSR count). The largest absolute Gasteiger partial charge is 0.478 e. The predicted octanol–water partition coefficient (Wildman–Crippen LogP) is -0.245. The van der Waals surface area contributed by atoms with Gasteiger partial charge in [0.05, 0.1) is 12.2 Å². The van der Waals surface area contributed by atoms with Crippen LogP contribution in [0.3, 0.4) is 0 Å². The van der Waals surface area contributed by atoms with Gasteiger partial charge < -0.3 is 29.3 Å². The lowest BCUT2D eigenvalue weighted by Gasteiger charge is -2.30. The molecule has 1 saturated heterocycles. The van der Waals surface area contributed by atoms with Crippen LogP contribution in [0.2, 0.25) is 0 Å². The first-order valence-electron chi connectivity index (χ1n) is 7.32. The molecule has 0 amide bonds. The molecule has 2 aliphatic rings. The third-order valence-electron chi connectivity index (χ3n) is 3.56. The summed E-state index contributed by atoms with van der Waals surface area (Å²) in [6.45, 7) is 1.92. The van der Waals surface area contributed by atoms with Crippen LogP contribution in [0.4, 0.5) is 0 Å². The highest BCUT2D eigenvalue weighted by Crippen LogP contribution is 2.31. The molecule has 1 unspecified atom stereocenters. The summed E-state index contributed by atoms with van der Waals surface area (Å²) in [6, 6.07) is 0. The minimum atomic E-state index is -1.08. The maximum Gasteiger partial charge on any atom is 0.333 e. The minimum Gasteiger partial charge on any atom is -0.478 e. The van der Waals surface area contributed by atoms with E-state index < -0.39 is 49.1 Å². The minimum absolute atomic E-state index is 0.124. The van der Waals surface area contributed by atoms with Crippen molar-refractivity contribution in [2.75, 3.05) is 6.61 Å². The summed E-state index contributed by atoms with van der Waals surface area (Å²) in [4.78, 5) is 35.3. The van der Waals surface area contributed by atoms with Gasteiger partial charge in [-0.2, -0.15) is 0 Å². The van der Waals surface area contributed by atoms with E-state index in [-0.39, 0.29) is 12.0 Å². The summed E-state index contributed by atoms with van der Waals surface area (Å²) < 4.78 is 16.0. The average Bonchev–Trinajstić information content (AvgIpc) is 2.84. The second-order valence-electron chi connectivity index (χ2n) is 5.39. The number of nitrogens with zero attached hydrogens (tertiary/aromatic N) is 1. The van der Waals surface area contributed by atoms with E-state index in [1.54, 1.807) is 12.3 Å². The van der Waals surface area contributed by atoms with Gasteiger partial charge in [-0.1, -0.05) is 6.08 Å². The number of ether oxygens (including phenoxy) is 3. The molecule has 9 heteroatoms. The van der Waals surface area contributed by atoms with Gasteiger partial charge in [0.1, 0.15) is 6.10 Å². The number of aliphatic hydroxyl groups is 1. The van der Waals surface area contributed by atoms with Gasteiger partial charge in [-0.05, 0) is 0 Å². The number of esters is 2. The Labute approximate surface area is 138 Å². The van der Waals surface area contributed by atoms with Crippen molar-refractivity contribution in [3.05, 3.63) is 24.0 Å². The Bertz CT molecular complexity index is 584. The van der Waals surface area contributed by atoms with Gasteiger partial charge in [0.15, 0.2) is 18.4 Å². The van der Waals surface area contributed by atoms with E-state index >= 15 is 0 Å². The Morgan fingerprint density at radius 2 is 1.88 bits per heavy atom. The molecule has 24 heavy (non-hydrogen) atoms. The second-order valence-corrected chi connectivity index (χ2v) is 5.39. The Morgan fingerprint density at radius 1 is 1.25 bits per heavy atom. The molecule has 0 aromatic heterocycles. The SMILES string of the molecule is CC(=O)O[C@@H]1[C@H](OC(C)=O)C(CO)O[C@H]1N1C=CCC(C(=O)O)=C1. The zero-order valence-corrected chi connectivity index (χ0v) is 13.2. The van der Waals surface area contributed by atoms with E-state index in [4.69, 9.17) is 19.3 Å². The van der Waals surface area contributed by atoms with Gasteiger partial charge in [-0.3, -0.25) is 9.59 Å². The molecule has 132 valence electrons. The topological polar surface area (TPSA) is 123 Å². The molecule has 2 heterocycles. The van der Waals surface area contributed by atoms with Crippen LogP contribution in [0.25, 0.3) is 0 Å². The van der Waals surface area contributed by atoms with Crippen LogP contribution in [0.1, 0.15) is 20.3 Å². The van der Waals surface area contributed by atoms with Crippen molar-refractivity contribution in [2.24, 2.45) is 0 Å². The number of allylic oxidation sites excluding steroid dienone is 1. The zero-order chi connectivity index (χ0) is 17.9. The number of carboxylic acids is 1. The molecule has 1 fully saturated rings. The van der Waals surface area contributed by atoms with Crippen LogP contribution in [-0.2, 0) is 28.6 Å². The van der Waals surface area contributed by atoms with Crippen molar-refractivity contribution in [2.45, 2.75) is 44.8 Å². The van der Waals surface area contributed by atoms with E-state index in [0.29, 0.717) is 0 Å². The Hall–Kier alpha value is -2.39. The first kappa shape index (κ1) is 18.0. The molecule has 0 aromatic carbocycles. The molecule has 2 N–H and O–H groups in total. The summed E-state index contributed by atoms with van der Waals surface area (Å²) >= 11 is 0. The van der Waals surface area contributed by atoms with Gasteiger partial charge >= 0.3 is 17.9 Å². The summed E-state index contributed by atoms with van der Waals surface area (Å²) in [5.74, 6) is -2.31. The van der Waals surface area contributed by atoms with Crippen molar-refractivity contribution >= 4 is 17.9 Å². The van der Waals surface area contributed by atoms with E-state index in [2.05, 4.69) is 0 Å². The van der Waals surface area contributed by atoms with Crippen molar-refractivity contribution in [3.8, 4) is 0 Å². The Balaban J connectivity index is 2.30. The summed E-state index contributed by atoms with van der Waals surface area (Å²) in [5.41, 5.74) is 0.124. The van der Waals surface area contributed by atoms with E-state index in [0.717, 1.165) is 0 Å². The number of carboxylic acid groups (broad SMARTS) is 1. The zero-order valence-electron chi connectivity index (χ0n) is 13.2. The number of hydrogen-bond acceptors (Lipinski definition) is 8. The van der Waals surface area contributed by atoms with Crippen LogP contribution in [0, 0.1) is 0 Å². The van der Waals surface area contributed by atoms with Gasteiger partial charge in [0.25, 0.3) is 0 Å². The number of aliphatic carboxylic acids is 1. The highest BCUT2D eigenvalue weighted by atomic mass is 16.6. The monoisotopic (exact) mass is 341 g/mol. The molecule has 0 aliphatic carbocycles. The third kappa shape index (κ3) is 3.92. The van der Waals surface area contributed by atoms with Crippen molar-refractivity contribution in [1.82, 2.24) is 4.90 Å². The fourth-order valence-corrected chi connectivity index (χ4v) is 2.62. The summed E-state index contributed by atoms with van der Waals surface area (Å²) in [7, 11) is 0. The van der Waals surface area contributed by atoms with Gasteiger partial charge in [-0.15, -0.1) is 0 Å². The Morgan fingerprint density at radius 3 is 2.42 bits per heavy atom. The second kappa shape index (κ2) is 7.45. The number of carbonyl (C=O) groups excluding carboxylic acids is 2. The van der Waals surface area contributed by atoms with Crippen LogP contribution >= 0.6 is 0 Å². The molecule has 0 spiro atoms. The van der Waals surface area contributed by atoms with Gasteiger partial charge in [0.2, 0.25) is 0 Å². The molecule has 2 aliphatic heterocycles. The number of hydrogen-bond donors (Lipinski definition) is 2. The smallest absolute Gasteiger partial charge is 0.333 e. The van der Waals surface area contributed by atoms with Crippen molar-refractivity contribution < 1.29 is 38.8 Å². The quantitative estimate of drug-likeness (QED) is 0.652. The molecule has 0 saturated carbocycles. The molecular formula is C15H19NO8. The maximum absolute atomic E-state index is 11.4. The van der Waals surface area contributed by atoms with Gasteiger partial charge in [-0.25, -0.2) is 4.79 Å². The van der Waals surface area contributed by atoms with Crippen molar-refractivity contribution in [1.29, 1.82) is 0 Å². The third-order valence-corrected chi connectivity index (χ3v) is 3.56. The van der Waals surface area contributed by atoms with Gasteiger partial charge in [0, 0.05) is 32.7 Å². The molecule has 0 bridgehead atoms. The highest BCUT2D eigenvalue weighted by molar-refractivity contribution is 5.87. The fourth-order valence-electron chi connectivity index (χ4n) is 2.62. The lowest BCUT2D eigenvalue weighted by Crippen LogP contribution is -2.44. The predicted molar refractivity (Wildman–Crippen MR) is 78.2 cm³/mol. The maximum atomic E-state index is 11.4. The molecule has 9 nitrogen and oxygen atoms in total.